The molecule has 1 saturated heterocycles. The zero-order valence-electron chi connectivity index (χ0n) is 9.15. The van der Waals surface area contributed by atoms with Crippen LogP contribution < -0.4 is 0 Å². The number of imide groups is 1. The number of aromatic nitrogens is 1. The van der Waals surface area contributed by atoms with E-state index in [4.69, 9.17) is 0 Å². The predicted octanol–water partition coefficient (Wildman–Crippen LogP) is 1.03. The quantitative estimate of drug-likeness (QED) is 0.644. The summed E-state index contributed by atoms with van der Waals surface area (Å²) in [6.07, 6.45) is 0.283. The summed E-state index contributed by atoms with van der Waals surface area (Å²) in [6, 6.07) is 3.59. The van der Waals surface area contributed by atoms with Crippen LogP contribution in [0.4, 0.5) is 0 Å². The van der Waals surface area contributed by atoms with E-state index in [1.54, 1.807) is 7.05 Å². The average Bonchev–Trinajstić information content (AvgIpc) is 2.63. The summed E-state index contributed by atoms with van der Waals surface area (Å²) in [6.45, 7) is 3.89. The van der Waals surface area contributed by atoms with Gasteiger partial charge in [-0.2, -0.15) is 0 Å². The molecule has 4 heteroatoms. The van der Waals surface area contributed by atoms with E-state index in [2.05, 4.69) is 0 Å². The van der Waals surface area contributed by atoms with Crippen molar-refractivity contribution in [1.82, 2.24) is 9.47 Å². The van der Waals surface area contributed by atoms with Crippen LogP contribution in [0.1, 0.15) is 23.9 Å². The molecule has 2 heterocycles. The van der Waals surface area contributed by atoms with E-state index in [9.17, 15) is 9.59 Å². The molecule has 1 fully saturated rings. The van der Waals surface area contributed by atoms with Gasteiger partial charge in [0.1, 0.15) is 6.04 Å². The van der Waals surface area contributed by atoms with Crippen LogP contribution in [-0.2, 0) is 9.59 Å². The first kappa shape index (κ1) is 9.96. The Kier molecular flexibility index (Phi) is 2.14. The predicted molar refractivity (Wildman–Crippen MR) is 55.3 cm³/mol. The molecule has 0 radical (unpaired) electrons. The Morgan fingerprint density at radius 2 is 1.73 bits per heavy atom. The zero-order valence-corrected chi connectivity index (χ0v) is 9.15. The van der Waals surface area contributed by atoms with Crippen molar-refractivity contribution >= 4 is 11.8 Å². The van der Waals surface area contributed by atoms with Gasteiger partial charge in [0.05, 0.1) is 6.42 Å². The summed E-state index contributed by atoms with van der Waals surface area (Å²) in [5.74, 6) is -0.208. The van der Waals surface area contributed by atoms with Crippen LogP contribution in [0.15, 0.2) is 12.1 Å². The molecule has 1 aliphatic rings. The third kappa shape index (κ3) is 1.37. The van der Waals surface area contributed by atoms with Crippen LogP contribution in [0, 0.1) is 13.8 Å². The summed E-state index contributed by atoms with van der Waals surface area (Å²) >= 11 is 0. The van der Waals surface area contributed by atoms with Gasteiger partial charge in [-0.25, -0.2) is 0 Å². The molecule has 1 unspecified atom stereocenters. The minimum absolute atomic E-state index is 0.0995. The normalized spacial score (nSPS) is 21.5. The van der Waals surface area contributed by atoms with E-state index < -0.39 is 0 Å². The number of carbonyl (C=O) groups excluding carboxylic acids is 2. The standard InChI is InChI=1S/C11H14N2O2/c1-7-4-5-8(2)13(7)9-6-10(14)12(3)11(9)15/h4-5,9H,6H2,1-3H3. The van der Waals surface area contributed by atoms with Gasteiger partial charge in [-0.15, -0.1) is 0 Å². The fraction of sp³-hybridized carbons (Fsp3) is 0.455. The third-order valence-corrected chi connectivity index (χ3v) is 3.00. The summed E-state index contributed by atoms with van der Waals surface area (Å²) in [4.78, 5) is 24.4. The maximum absolute atomic E-state index is 11.8. The summed E-state index contributed by atoms with van der Waals surface area (Å²) in [7, 11) is 1.54. The summed E-state index contributed by atoms with van der Waals surface area (Å²) in [5.41, 5.74) is 2.04. The third-order valence-electron chi connectivity index (χ3n) is 3.00. The fourth-order valence-corrected chi connectivity index (χ4v) is 2.11. The first-order valence-electron chi connectivity index (χ1n) is 4.97. The van der Waals surface area contributed by atoms with Gasteiger partial charge in [-0.1, -0.05) is 0 Å². The van der Waals surface area contributed by atoms with Crippen molar-refractivity contribution < 1.29 is 9.59 Å². The number of hydrogen-bond donors (Lipinski definition) is 0. The molecule has 0 aliphatic carbocycles. The largest absolute Gasteiger partial charge is 0.336 e. The van der Waals surface area contributed by atoms with E-state index >= 15 is 0 Å². The monoisotopic (exact) mass is 206 g/mol. The molecular formula is C11H14N2O2. The van der Waals surface area contributed by atoms with Crippen molar-refractivity contribution in [3.63, 3.8) is 0 Å². The highest BCUT2D eigenvalue weighted by Crippen LogP contribution is 2.26. The van der Waals surface area contributed by atoms with Crippen molar-refractivity contribution in [2.45, 2.75) is 26.3 Å². The van der Waals surface area contributed by atoms with Gasteiger partial charge in [-0.3, -0.25) is 14.5 Å². The van der Waals surface area contributed by atoms with Crippen LogP contribution in [-0.4, -0.2) is 28.3 Å². The lowest BCUT2D eigenvalue weighted by molar-refractivity contribution is -0.137. The zero-order chi connectivity index (χ0) is 11.2. The number of aryl methyl sites for hydroxylation is 2. The number of rotatable bonds is 1. The van der Waals surface area contributed by atoms with Crippen LogP contribution in [0.25, 0.3) is 0 Å². The van der Waals surface area contributed by atoms with Gasteiger partial charge < -0.3 is 4.57 Å². The number of carbonyl (C=O) groups is 2. The molecule has 2 rings (SSSR count). The molecule has 2 amide bonds. The number of likely N-dealkylation sites (N-methyl/N-ethyl adjacent to an activating group) is 1. The summed E-state index contributed by atoms with van der Waals surface area (Å²) in [5, 5.41) is 0. The lowest BCUT2D eigenvalue weighted by Crippen LogP contribution is -2.27. The molecule has 1 aromatic heterocycles. The van der Waals surface area contributed by atoms with Gasteiger partial charge in [-0.05, 0) is 26.0 Å². The Morgan fingerprint density at radius 3 is 2.13 bits per heavy atom. The summed E-state index contributed by atoms with van der Waals surface area (Å²) < 4.78 is 1.93. The Labute approximate surface area is 88.5 Å². The highest BCUT2D eigenvalue weighted by molar-refractivity contribution is 6.04. The Morgan fingerprint density at radius 1 is 1.20 bits per heavy atom. The van der Waals surface area contributed by atoms with Crippen LogP contribution >= 0.6 is 0 Å². The average molecular weight is 206 g/mol. The Bertz CT molecular complexity index is 414. The number of likely N-dealkylation sites (tertiary alicyclic amines) is 1. The number of amides is 2. The van der Waals surface area contributed by atoms with E-state index in [0.29, 0.717) is 0 Å². The molecule has 0 N–H and O–H groups in total. The molecule has 4 nitrogen and oxygen atoms in total. The van der Waals surface area contributed by atoms with Crippen molar-refractivity contribution in [3.8, 4) is 0 Å². The lowest BCUT2D eigenvalue weighted by Gasteiger charge is -2.15. The van der Waals surface area contributed by atoms with Gasteiger partial charge in [0.15, 0.2) is 0 Å². The minimum Gasteiger partial charge on any atom is -0.336 e. The van der Waals surface area contributed by atoms with E-state index in [1.165, 1.54) is 4.90 Å². The van der Waals surface area contributed by atoms with Crippen molar-refractivity contribution in [2.75, 3.05) is 7.05 Å². The molecule has 15 heavy (non-hydrogen) atoms. The van der Waals surface area contributed by atoms with Gasteiger partial charge in [0.25, 0.3) is 5.91 Å². The van der Waals surface area contributed by atoms with Crippen molar-refractivity contribution in [1.29, 1.82) is 0 Å². The molecule has 0 aromatic carbocycles. The minimum atomic E-state index is -0.336. The first-order valence-corrected chi connectivity index (χ1v) is 4.97. The van der Waals surface area contributed by atoms with Gasteiger partial charge in [0.2, 0.25) is 5.91 Å². The van der Waals surface area contributed by atoms with Crippen LogP contribution in [0.5, 0.6) is 0 Å². The smallest absolute Gasteiger partial charge is 0.252 e. The molecule has 0 bridgehead atoms. The molecule has 1 atom stereocenters. The van der Waals surface area contributed by atoms with Crippen LogP contribution in [0.2, 0.25) is 0 Å². The van der Waals surface area contributed by atoms with Crippen molar-refractivity contribution in [3.05, 3.63) is 23.5 Å². The van der Waals surface area contributed by atoms with Gasteiger partial charge in [0, 0.05) is 18.4 Å². The maximum atomic E-state index is 11.8. The second kappa shape index (κ2) is 3.22. The number of nitrogens with zero attached hydrogens (tertiary/aromatic N) is 2. The second-order valence-electron chi connectivity index (χ2n) is 4.00. The van der Waals surface area contributed by atoms with E-state index in [1.807, 2.05) is 30.5 Å². The highest BCUT2D eigenvalue weighted by Gasteiger charge is 2.37. The van der Waals surface area contributed by atoms with E-state index in [0.717, 1.165) is 11.4 Å². The second-order valence-corrected chi connectivity index (χ2v) is 4.00. The lowest BCUT2D eigenvalue weighted by atomic mass is 10.2. The SMILES string of the molecule is Cc1ccc(C)n1C1CC(=O)N(C)C1=O. The molecule has 1 aliphatic heterocycles. The first-order chi connectivity index (χ1) is 7.02. The van der Waals surface area contributed by atoms with Crippen LogP contribution in [0.3, 0.4) is 0 Å². The fourth-order valence-electron chi connectivity index (χ4n) is 2.11. The Balaban J connectivity index is 2.42. The van der Waals surface area contributed by atoms with E-state index in [-0.39, 0.29) is 24.3 Å². The molecular weight excluding hydrogens is 192 g/mol. The van der Waals surface area contributed by atoms with Gasteiger partial charge >= 0.3 is 0 Å². The maximum Gasteiger partial charge on any atom is 0.252 e. The number of hydrogen-bond acceptors (Lipinski definition) is 2. The topological polar surface area (TPSA) is 42.3 Å². The molecule has 0 spiro atoms. The Hall–Kier alpha value is -1.58. The molecule has 0 saturated carbocycles. The highest BCUT2D eigenvalue weighted by atomic mass is 16.2. The van der Waals surface area contributed by atoms with Crippen molar-refractivity contribution in [2.24, 2.45) is 0 Å². The molecule has 1 aromatic rings. The molecule has 80 valence electrons.